The number of thiocarbonyl (C=S) groups is 1. The monoisotopic (exact) mass is 450 g/mol. The predicted octanol–water partition coefficient (Wildman–Crippen LogP) is 0.0899. The van der Waals surface area contributed by atoms with E-state index in [1.54, 1.807) is 4.57 Å². The van der Waals surface area contributed by atoms with Gasteiger partial charge in [0.2, 0.25) is 0 Å². The summed E-state index contributed by atoms with van der Waals surface area (Å²) in [6.45, 7) is 1.36. The van der Waals surface area contributed by atoms with E-state index in [1.807, 2.05) is 0 Å². The molecule has 12 heteroatoms. The number of rotatable bonds is 6. The Labute approximate surface area is 184 Å². The van der Waals surface area contributed by atoms with Crippen LogP contribution in [-0.2, 0) is 14.2 Å². The summed E-state index contributed by atoms with van der Waals surface area (Å²) >= 11 is 5.20. The lowest BCUT2D eigenvalue weighted by molar-refractivity contribution is -0.0492. The van der Waals surface area contributed by atoms with E-state index in [4.69, 9.17) is 26.4 Å². The maximum atomic E-state index is 10.6. The number of aliphatic hydroxyl groups is 2. The SMILES string of the molecule is O[C@@H]1[C@H](O)[C@@H](COC(=S)NC2CCC2)O[C@H]1n1cnc2c(N[C@@H]3CCOC3)ncnc21. The summed E-state index contributed by atoms with van der Waals surface area (Å²) in [5, 5.41) is 27.8. The Balaban J connectivity index is 1.27. The summed E-state index contributed by atoms with van der Waals surface area (Å²) < 4.78 is 18.5. The molecule has 0 unspecified atom stereocenters. The number of fused-ring (bicyclic) bond motifs is 1. The lowest BCUT2D eigenvalue weighted by Gasteiger charge is -2.27. The Hall–Kier alpha value is -2.12. The van der Waals surface area contributed by atoms with Gasteiger partial charge in [0.1, 0.15) is 31.2 Å². The smallest absolute Gasteiger partial charge is 0.256 e. The number of ether oxygens (including phenoxy) is 3. The summed E-state index contributed by atoms with van der Waals surface area (Å²) in [5.41, 5.74) is 1.06. The van der Waals surface area contributed by atoms with Gasteiger partial charge in [0.15, 0.2) is 23.2 Å². The fourth-order valence-corrected chi connectivity index (χ4v) is 4.24. The van der Waals surface area contributed by atoms with E-state index in [1.165, 1.54) is 19.1 Å². The molecule has 0 bridgehead atoms. The van der Waals surface area contributed by atoms with Crippen molar-refractivity contribution in [3.63, 3.8) is 0 Å². The van der Waals surface area contributed by atoms with Crippen LogP contribution in [0.25, 0.3) is 11.2 Å². The number of hydrogen-bond donors (Lipinski definition) is 4. The Kier molecular flexibility index (Phi) is 5.89. The van der Waals surface area contributed by atoms with Crippen LogP contribution in [0.2, 0.25) is 0 Å². The standard InChI is InChI=1S/C19H26N6O5S/c26-14-12(7-29-19(31)24-10-2-1-3-10)30-18(15(14)27)25-9-22-13-16(20-8-21-17(13)25)23-11-4-5-28-6-11/h8-12,14-15,18,26-27H,1-7H2,(H,24,31)(H,20,21,23)/t11-,12-,14-,15-,18-/m1/s1. The molecule has 5 atom stereocenters. The molecule has 1 aliphatic carbocycles. The number of aliphatic hydroxyl groups excluding tert-OH is 2. The van der Waals surface area contributed by atoms with E-state index in [0.717, 1.165) is 19.3 Å². The molecule has 3 fully saturated rings. The van der Waals surface area contributed by atoms with Crippen LogP contribution in [-0.4, -0.2) is 85.1 Å². The fourth-order valence-electron chi connectivity index (χ4n) is 4.00. The molecule has 2 aliphatic heterocycles. The lowest BCUT2D eigenvalue weighted by atomic mass is 9.93. The van der Waals surface area contributed by atoms with Crippen molar-refractivity contribution in [2.45, 2.75) is 62.3 Å². The van der Waals surface area contributed by atoms with Crippen LogP contribution in [0.1, 0.15) is 31.9 Å². The zero-order chi connectivity index (χ0) is 21.4. The molecule has 3 aliphatic rings. The number of nitrogens with one attached hydrogen (secondary N) is 2. The van der Waals surface area contributed by atoms with Crippen LogP contribution < -0.4 is 10.6 Å². The molecular formula is C19H26N6O5S. The molecule has 1 saturated carbocycles. The summed E-state index contributed by atoms with van der Waals surface area (Å²) in [6.07, 6.45) is 3.28. The van der Waals surface area contributed by atoms with Gasteiger partial charge in [-0.2, -0.15) is 0 Å². The van der Waals surface area contributed by atoms with Gasteiger partial charge in [-0.05, 0) is 37.9 Å². The first-order valence-electron chi connectivity index (χ1n) is 10.6. The molecule has 168 valence electrons. The summed E-state index contributed by atoms with van der Waals surface area (Å²) in [7, 11) is 0. The molecule has 11 nitrogen and oxygen atoms in total. The third-order valence-corrected chi connectivity index (χ3v) is 6.28. The number of anilines is 1. The summed E-state index contributed by atoms with van der Waals surface area (Å²) in [5.74, 6) is 0.597. The maximum Gasteiger partial charge on any atom is 0.256 e. The average molecular weight is 451 g/mol. The van der Waals surface area contributed by atoms with Gasteiger partial charge in [-0.1, -0.05) is 0 Å². The Bertz CT molecular complexity index is 934. The second kappa shape index (κ2) is 8.79. The molecule has 0 amide bonds. The van der Waals surface area contributed by atoms with Gasteiger partial charge < -0.3 is 35.1 Å². The van der Waals surface area contributed by atoms with Crippen molar-refractivity contribution in [2.75, 3.05) is 25.1 Å². The fraction of sp³-hybridized carbons (Fsp3) is 0.684. The third kappa shape index (κ3) is 4.17. The van der Waals surface area contributed by atoms with Crippen molar-refractivity contribution >= 4 is 34.4 Å². The van der Waals surface area contributed by atoms with Crippen LogP contribution in [0.3, 0.4) is 0 Å². The molecule has 4 heterocycles. The van der Waals surface area contributed by atoms with Crippen molar-refractivity contribution in [1.29, 1.82) is 0 Å². The van der Waals surface area contributed by atoms with E-state index in [2.05, 4.69) is 25.6 Å². The predicted molar refractivity (Wildman–Crippen MR) is 113 cm³/mol. The quantitative estimate of drug-likeness (QED) is 0.446. The van der Waals surface area contributed by atoms with Gasteiger partial charge in [-0.25, -0.2) is 15.0 Å². The largest absolute Gasteiger partial charge is 0.468 e. The maximum absolute atomic E-state index is 10.6. The lowest BCUT2D eigenvalue weighted by Crippen LogP contribution is -2.41. The third-order valence-electron chi connectivity index (χ3n) is 6.05. The van der Waals surface area contributed by atoms with E-state index >= 15 is 0 Å². The van der Waals surface area contributed by atoms with Crippen LogP contribution >= 0.6 is 12.2 Å². The van der Waals surface area contributed by atoms with E-state index in [-0.39, 0.29) is 17.8 Å². The van der Waals surface area contributed by atoms with Gasteiger partial charge in [0, 0.05) is 12.6 Å². The number of aromatic nitrogens is 4. The second-order valence-corrected chi connectivity index (χ2v) is 8.54. The number of imidazole rings is 1. The Morgan fingerprint density at radius 3 is 2.81 bits per heavy atom. The van der Waals surface area contributed by atoms with Gasteiger partial charge in [-0.15, -0.1) is 0 Å². The molecule has 2 saturated heterocycles. The van der Waals surface area contributed by atoms with Crippen LogP contribution in [0.15, 0.2) is 12.7 Å². The highest BCUT2D eigenvalue weighted by Crippen LogP contribution is 2.32. The highest BCUT2D eigenvalue weighted by atomic mass is 32.1. The van der Waals surface area contributed by atoms with Gasteiger partial charge in [-0.3, -0.25) is 4.57 Å². The molecule has 31 heavy (non-hydrogen) atoms. The Morgan fingerprint density at radius 2 is 2.06 bits per heavy atom. The van der Waals surface area contributed by atoms with E-state index < -0.39 is 24.5 Å². The molecule has 0 aromatic carbocycles. The van der Waals surface area contributed by atoms with Crippen LogP contribution in [0, 0.1) is 0 Å². The molecular weight excluding hydrogens is 424 g/mol. The number of nitrogens with zero attached hydrogens (tertiary/aromatic N) is 4. The van der Waals surface area contributed by atoms with Crippen molar-refractivity contribution in [3.8, 4) is 0 Å². The highest BCUT2D eigenvalue weighted by molar-refractivity contribution is 7.80. The van der Waals surface area contributed by atoms with Crippen molar-refractivity contribution < 1.29 is 24.4 Å². The zero-order valence-corrected chi connectivity index (χ0v) is 17.7. The molecule has 2 aromatic heterocycles. The van der Waals surface area contributed by atoms with Gasteiger partial charge >= 0.3 is 0 Å². The molecule has 2 aromatic rings. The first-order valence-corrected chi connectivity index (χ1v) is 11.0. The molecule has 4 N–H and O–H groups in total. The second-order valence-electron chi connectivity index (χ2n) is 8.17. The van der Waals surface area contributed by atoms with E-state index in [0.29, 0.717) is 36.2 Å². The normalized spacial score (nSPS) is 31.0. The average Bonchev–Trinajstić information content (AvgIpc) is 3.45. The minimum atomic E-state index is -1.17. The van der Waals surface area contributed by atoms with Crippen LogP contribution in [0.4, 0.5) is 5.82 Å². The minimum absolute atomic E-state index is 0.0311. The van der Waals surface area contributed by atoms with Crippen molar-refractivity contribution in [2.24, 2.45) is 0 Å². The summed E-state index contributed by atoms with van der Waals surface area (Å²) in [6, 6.07) is 0.521. The number of hydrogen-bond acceptors (Lipinski definition) is 10. The van der Waals surface area contributed by atoms with Crippen LogP contribution in [0.5, 0.6) is 0 Å². The summed E-state index contributed by atoms with van der Waals surface area (Å²) in [4.78, 5) is 13.0. The molecule has 0 radical (unpaired) electrons. The first kappa shape index (κ1) is 20.8. The highest BCUT2D eigenvalue weighted by Gasteiger charge is 2.45. The van der Waals surface area contributed by atoms with Crippen molar-refractivity contribution in [3.05, 3.63) is 12.7 Å². The van der Waals surface area contributed by atoms with Gasteiger partial charge in [0.05, 0.1) is 19.0 Å². The van der Waals surface area contributed by atoms with E-state index in [9.17, 15) is 10.2 Å². The van der Waals surface area contributed by atoms with Gasteiger partial charge in [0.25, 0.3) is 5.17 Å². The first-order chi connectivity index (χ1) is 15.1. The zero-order valence-electron chi connectivity index (χ0n) is 16.9. The minimum Gasteiger partial charge on any atom is -0.468 e. The van der Waals surface area contributed by atoms with Crippen molar-refractivity contribution in [1.82, 2.24) is 24.8 Å². The Morgan fingerprint density at radius 1 is 1.19 bits per heavy atom. The topological polar surface area (TPSA) is 136 Å². The molecule has 5 rings (SSSR count). The molecule has 0 spiro atoms.